The summed E-state index contributed by atoms with van der Waals surface area (Å²) in [6.07, 6.45) is 0.389. The molecule has 2 aliphatic heterocycles. The quantitative estimate of drug-likeness (QED) is 0.672. The van der Waals surface area contributed by atoms with Crippen LogP contribution in [0.15, 0.2) is 12.1 Å². The Morgan fingerprint density at radius 3 is 2.56 bits per heavy atom. The third-order valence-corrected chi connectivity index (χ3v) is 2.75. The van der Waals surface area contributed by atoms with Crippen molar-refractivity contribution in [3.05, 3.63) is 17.7 Å². The fraction of sp³-hybridized carbons (Fsp3) is 0.417. The Labute approximate surface area is 93.1 Å². The largest absolute Gasteiger partial charge is 0.486 e. The molecule has 16 heavy (non-hydrogen) atoms. The van der Waals surface area contributed by atoms with Gasteiger partial charge in [-0.25, -0.2) is 0 Å². The molecular weight excluding hydrogens is 208 g/mol. The monoisotopic (exact) mass is 220 g/mol. The number of carbonyl (C=O) groups is 1. The summed E-state index contributed by atoms with van der Waals surface area (Å²) < 4.78 is 16.2. The summed E-state index contributed by atoms with van der Waals surface area (Å²) in [5, 5.41) is 0. The lowest BCUT2D eigenvalue weighted by Gasteiger charge is -2.31. The average Bonchev–Trinajstić information content (AvgIpc) is 2.60. The van der Waals surface area contributed by atoms with Gasteiger partial charge in [0.1, 0.15) is 11.4 Å². The molecule has 2 aliphatic rings. The summed E-state index contributed by atoms with van der Waals surface area (Å²) in [7, 11) is 0. The Balaban J connectivity index is 2.13. The highest BCUT2D eigenvalue weighted by Crippen LogP contribution is 2.42. The molecule has 0 amide bonds. The number of ether oxygens (including phenoxy) is 3. The number of rotatable bonds is 0. The van der Waals surface area contributed by atoms with Gasteiger partial charge in [-0.05, 0) is 19.9 Å². The molecule has 0 aliphatic carbocycles. The molecule has 0 unspecified atom stereocenters. The number of ketones is 1. The minimum Gasteiger partial charge on any atom is -0.486 e. The van der Waals surface area contributed by atoms with Crippen molar-refractivity contribution in [3.8, 4) is 17.2 Å². The molecule has 3 rings (SSSR count). The van der Waals surface area contributed by atoms with E-state index in [9.17, 15) is 4.79 Å². The highest BCUT2D eigenvalue weighted by atomic mass is 16.7. The Kier molecular flexibility index (Phi) is 1.73. The summed E-state index contributed by atoms with van der Waals surface area (Å²) in [4.78, 5) is 11.9. The second-order valence-electron chi connectivity index (χ2n) is 4.66. The van der Waals surface area contributed by atoms with E-state index in [1.54, 1.807) is 12.1 Å². The zero-order chi connectivity index (χ0) is 11.3. The first kappa shape index (κ1) is 9.51. The van der Waals surface area contributed by atoms with Crippen molar-refractivity contribution in [1.29, 1.82) is 0 Å². The number of Topliss-reactive ketones (excluding diaryl/α,β-unsaturated/α-hetero) is 1. The number of carbonyl (C=O) groups excluding carboxylic acids is 1. The molecule has 0 aromatic heterocycles. The number of fused-ring (bicyclic) bond motifs is 2. The van der Waals surface area contributed by atoms with E-state index in [1.807, 2.05) is 13.8 Å². The fourth-order valence-corrected chi connectivity index (χ4v) is 2.04. The molecule has 1 aromatic carbocycles. The maximum atomic E-state index is 11.9. The van der Waals surface area contributed by atoms with Crippen LogP contribution in [-0.4, -0.2) is 18.2 Å². The van der Waals surface area contributed by atoms with Crippen molar-refractivity contribution < 1.29 is 19.0 Å². The zero-order valence-corrected chi connectivity index (χ0v) is 9.20. The molecule has 0 fully saturated rings. The minimum absolute atomic E-state index is 0.0875. The fourth-order valence-electron chi connectivity index (χ4n) is 2.04. The van der Waals surface area contributed by atoms with E-state index in [4.69, 9.17) is 14.2 Å². The zero-order valence-electron chi connectivity index (χ0n) is 9.20. The van der Waals surface area contributed by atoms with Crippen LogP contribution in [0.1, 0.15) is 30.6 Å². The molecule has 4 heteroatoms. The summed E-state index contributed by atoms with van der Waals surface area (Å²) in [6, 6.07) is 3.44. The van der Waals surface area contributed by atoms with Gasteiger partial charge in [0.15, 0.2) is 17.3 Å². The lowest BCUT2D eigenvalue weighted by Crippen LogP contribution is -2.35. The number of hydrogen-bond donors (Lipinski definition) is 0. The first-order valence-corrected chi connectivity index (χ1v) is 5.21. The highest BCUT2D eigenvalue weighted by Gasteiger charge is 2.34. The second-order valence-corrected chi connectivity index (χ2v) is 4.66. The Hall–Kier alpha value is -1.71. The van der Waals surface area contributed by atoms with Crippen LogP contribution in [0.4, 0.5) is 0 Å². The lowest BCUT2D eigenvalue weighted by molar-refractivity contribution is 0.0619. The van der Waals surface area contributed by atoms with Gasteiger partial charge in [0, 0.05) is 6.07 Å². The van der Waals surface area contributed by atoms with Crippen LogP contribution < -0.4 is 14.2 Å². The topological polar surface area (TPSA) is 44.8 Å². The van der Waals surface area contributed by atoms with Gasteiger partial charge in [-0.2, -0.15) is 0 Å². The maximum Gasteiger partial charge on any atom is 0.231 e. The van der Waals surface area contributed by atoms with Crippen molar-refractivity contribution in [3.63, 3.8) is 0 Å². The molecule has 84 valence electrons. The Morgan fingerprint density at radius 2 is 1.81 bits per heavy atom. The molecule has 0 N–H and O–H groups in total. The Bertz CT molecular complexity index is 476. The van der Waals surface area contributed by atoms with Crippen LogP contribution in [0.25, 0.3) is 0 Å². The van der Waals surface area contributed by atoms with E-state index in [-0.39, 0.29) is 12.6 Å². The van der Waals surface area contributed by atoms with E-state index in [0.717, 1.165) is 0 Å². The standard InChI is InChI=1S/C12H12O4/c1-12(2)5-8(13)7-3-10-11(15-6-14-10)4-9(7)16-12/h3-4H,5-6H2,1-2H3. The normalized spacial score (nSPS) is 20.2. The van der Waals surface area contributed by atoms with E-state index >= 15 is 0 Å². The van der Waals surface area contributed by atoms with E-state index in [1.165, 1.54) is 0 Å². The van der Waals surface area contributed by atoms with Crippen molar-refractivity contribution in [2.75, 3.05) is 6.79 Å². The van der Waals surface area contributed by atoms with Gasteiger partial charge in [-0.3, -0.25) is 4.79 Å². The van der Waals surface area contributed by atoms with Crippen molar-refractivity contribution in [1.82, 2.24) is 0 Å². The molecule has 4 nitrogen and oxygen atoms in total. The number of benzene rings is 1. The van der Waals surface area contributed by atoms with Gasteiger partial charge in [-0.15, -0.1) is 0 Å². The Morgan fingerprint density at radius 1 is 1.12 bits per heavy atom. The third-order valence-electron chi connectivity index (χ3n) is 2.75. The molecule has 0 radical (unpaired) electrons. The van der Waals surface area contributed by atoms with Gasteiger partial charge >= 0.3 is 0 Å². The number of hydrogen-bond acceptors (Lipinski definition) is 4. The molecular formula is C12H12O4. The van der Waals surface area contributed by atoms with Crippen LogP contribution in [0.2, 0.25) is 0 Å². The van der Waals surface area contributed by atoms with Crippen molar-refractivity contribution in [2.45, 2.75) is 25.9 Å². The summed E-state index contributed by atoms with van der Waals surface area (Å²) in [5.74, 6) is 1.94. The van der Waals surface area contributed by atoms with E-state index in [2.05, 4.69) is 0 Å². The van der Waals surface area contributed by atoms with Gasteiger partial charge in [0.05, 0.1) is 12.0 Å². The molecule has 0 spiro atoms. The summed E-state index contributed by atoms with van der Waals surface area (Å²) in [5.41, 5.74) is 0.140. The van der Waals surface area contributed by atoms with Crippen LogP contribution in [0.5, 0.6) is 17.2 Å². The van der Waals surface area contributed by atoms with Crippen LogP contribution in [-0.2, 0) is 0 Å². The summed E-state index contributed by atoms with van der Waals surface area (Å²) in [6.45, 7) is 4.01. The highest BCUT2D eigenvalue weighted by molar-refractivity contribution is 6.01. The van der Waals surface area contributed by atoms with Gasteiger partial charge in [0.2, 0.25) is 6.79 Å². The van der Waals surface area contributed by atoms with Gasteiger partial charge in [0.25, 0.3) is 0 Å². The van der Waals surface area contributed by atoms with Crippen molar-refractivity contribution in [2.24, 2.45) is 0 Å². The smallest absolute Gasteiger partial charge is 0.231 e. The molecule has 0 saturated carbocycles. The predicted octanol–water partition coefficient (Wildman–Crippen LogP) is 2.16. The van der Waals surface area contributed by atoms with Crippen LogP contribution >= 0.6 is 0 Å². The average molecular weight is 220 g/mol. The molecule has 0 atom stereocenters. The molecule has 1 aromatic rings. The van der Waals surface area contributed by atoms with E-state index < -0.39 is 5.60 Å². The summed E-state index contributed by atoms with van der Waals surface area (Å²) >= 11 is 0. The second kappa shape index (κ2) is 2.90. The van der Waals surface area contributed by atoms with E-state index in [0.29, 0.717) is 29.2 Å². The SMILES string of the molecule is CC1(C)CC(=O)c2cc3c(cc2O1)OCO3. The van der Waals surface area contributed by atoms with Crippen LogP contribution in [0, 0.1) is 0 Å². The first-order chi connectivity index (χ1) is 7.55. The molecule has 0 saturated heterocycles. The van der Waals surface area contributed by atoms with Gasteiger partial charge < -0.3 is 14.2 Å². The van der Waals surface area contributed by atoms with Crippen LogP contribution in [0.3, 0.4) is 0 Å². The third kappa shape index (κ3) is 1.33. The molecule has 0 bridgehead atoms. The predicted molar refractivity (Wildman–Crippen MR) is 56.2 cm³/mol. The van der Waals surface area contributed by atoms with Gasteiger partial charge in [-0.1, -0.05) is 0 Å². The molecule has 2 heterocycles. The van der Waals surface area contributed by atoms with Crippen molar-refractivity contribution >= 4 is 5.78 Å². The first-order valence-electron chi connectivity index (χ1n) is 5.21. The lowest BCUT2D eigenvalue weighted by atomic mass is 9.93. The minimum atomic E-state index is -0.447. The maximum absolute atomic E-state index is 11.9.